The Bertz CT molecular complexity index is 273. The molecule has 0 bridgehead atoms. The molecule has 5 heteroatoms. The van der Waals surface area contributed by atoms with Gasteiger partial charge in [-0.05, 0) is 39.7 Å². The van der Waals surface area contributed by atoms with Gasteiger partial charge in [0, 0.05) is 25.2 Å². The molecule has 0 aromatic rings. The first kappa shape index (κ1) is 17.0. The zero-order valence-electron chi connectivity index (χ0n) is 12.3. The van der Waals surface area contributed by atoms with Crippen molar-refractivity contribution in [3.63, 3.8) is 0 Å². The van der Waals surface area contributed by atoms with E-state index in [-0.39, 0.29) is 24.0 Å². The summed E-state index contributed by atoms with van der Waals surface area (Å²) in [4.78, 5) is 7.14. The van der Waals surface area contributed by atoms with Crippen LogP contribution in [0.2, 0.25) is 0 Å². The molecule has 0 saturated heterocycles. The Labute approximate surface area is 134 Å². The summed E-state index contributed by atoms with van der Waals surface area (Å²) in [6, 6.07) is 1.48. The van der Waals surface area contributed by atoms with Gasteiger partial charge in [0.25, 0.3) is 0 Å². The minimum Gasteiger partial charge on any atom is -0.357 e. The molecule has 0 radical (unpaired) electrons. The molecule has 0 unspecified atom stereocenters. The number of aliphatic imine (C=N–C) groups is 1. The molecule has 2 saturated carbocycles. The quantitative estimate of drug-likeness (QED) is 0.422. The summed E-state index contributed by atoms with van der Waals surface area (Å²) in [5.41, 5.74) is 0. The molecule has 112 valence electrons. The second-order valence-corrected chi connectivity index (χ2v) is 5.60. The van der Waals surface area contributed by atoms with E-state index < -0.39 is 0 Å². The van der Waals surface area contributed by atoms with Crippen molar-refractivity contribution in [3.8, 4) is 0 Å². The third kappa shape index (κ3) is 6.29. The van der Waals surface area contributed by atoms with E-state index in [1.54, 1.807) is 0 Å². The van der Waals surface area contributed by atoms with Gasteiger partial charge in [0.1, 0.15) is 0 Å². The second-order valence-electron chi connectivity index (χ2n) is 5.60. The Kier molecular flexibility index (Phi) is 8.06. The van der Waals surface area contributed by atoms with Gasteiger partial charge in [0.2, 0.25) is 0 Å². The molecule has 19 heavy (non-hydrogen) atoms. The fourth-order valence-electron chi connectivity index (χ4n) is 2.59. The molecular weight excluding hydrogens is 351 g/mol. The second kappa shape index (κ2) is 9.00. The predicted molar refractivity (Wildman–Crippen MR) is 92.4 cm³/mol. The van der Waals surface area contributed by atoms with Crippen LogP contribution >= 0.6 is 24.0 Å². The van der Waals surface area contributed by atoms with Gasteiger partial charge in [-0.15, -0.1) is 24.0 Å². The van der Waals surface area contributed by atoms with Crippen molar-refractivity contribution in [2.45, 2.75) is 57.5 Å². The molecule has 2 N–H and O–H groups in total. The van der Waals surface area contributed by atoms with Gasteiger partial charge in [-0.25, -0.2) is 0 Å². The number of nitrogens with one attached hydrogen (secondary N) is 2. The summed E-state index contributed by atoms with van der Waals surface area (Å²) < 4.78 is 0. The average molecular weight is 380 g/mol. The number of likely N-dealkylation sites (N-methyl/N-ethyl adjacent to an activating group) is 1. The highest BCUT2D eigenvalue weighted by Crippen LogP contribution is 2.22. The molecule has 2 rings (SSSR count). The molecule has 0 aromatic heterocycles. The number of guanidine groups is 1. The molecule has 0 amide bonds. The molecule has 0 spiro atoms. The molecule has 0 aliphatic heterocycles. The largest absolute Gasteiger partial charge is 0.357 e. The van der Waals surface area contributed by atoms with Gasteiger partial charge in [0.15, 0.2) is 5.96 Å². The monoisotopic (exact) mass is 380 g/mol. The van der Waals surface area contributed by atoms with E-state index >= 15 is 0 Å². The van der Waals surface area contributed by atoms with Crippen molar-refractivity contribution < 1.29 is 0 Å². The van der Waals surface area contributed by atoms with Crippen LogP contribution in [0.1, 0.15) is 45.4 Å². The van der Waals surface area contributed by atoms with Crippen LogP contribution in [-0.2, 0) is 0 Å². The first-order chi connectivity index (χ1) is 8.79. The maximum absolute atomic E-state index is 4.66. The number of hydrogen-bond donors (Lipinski definition) is 2. The summed E-state index contributed by atoms with van der Waals surface area (Å²) in [7, 11) is 2.24. The number of hydrogen-bond acceptors (Lipinski definition) is 2. The normalized spacial score (nSPS) is 20.5. The lowest BCUT2D eigenvalue weighted by atomic mass is 10.2. The highest BCUT2D eigenvalue weighted by molar-refractivity contribution is 14.0. The first-order valence-corrected chi connectivity index (χ1v) is 7.54. The number of nitrogens with zero attached hydrogens (tertiary/aromatic N) is 2. The fourth-order valence-corrected chi connectivity index (χ4v) is 2.59. The first-order valence-electron chi connectivity index (χ1n) is 7.54. The van der Waals surface area contributed by atoms with Crippen LogP contribution in [0.5, 0.6) is 0 Å². The minimum absolute atomic E-state index is 0. The topological polar surface area (TPSA) is 39.7 Å². The molecule has 2 fully saturated rings. The zero-order valence-corrected chi connectivity index (χ0v) is 14.7. The standard InChI is InChI=1S/C14H28N4.HI/c1-3-15-14(17-12-8-9-12)16-10-11-18(2)13-6-4-5-7-13;/h12-13H,3-11H2,1-2H3,(H2,15,16,17);1H. The Balaban J connectivity index is 0.00000180. The van der Waals surface area contributed by atoms with E-state index in [0.29, 0.717) is 6.04 Å². The van der Waals surface area contributed by atoms with Crippen LogP contribution in [-0.4, -0.2) is 49.6 Å². The third-order valence-electron chi connectivity index (χ3n) is 3.93. The molecule has 0 aromatic carbocycles. The van der Waals surface area contributed by atoms with Gasteiger partial charge in [-0.1, -0.05) is 12.8 Å². The Morgan fingerprint density at radius 2 is 1.89 bits per heavy atom. The van der Waals surface area contributed by atoms with Crippen molar-refractivity contribution in [2.75, 3.05) is 26.7 Å². The van der Waals surface area contributed by atoms with Crippen LogP contribution in [0.25, 0.3) is 0 Å². The van der Waals surface area contributed by atoms with Crippen molar-refractivity contribution in [1.82, 2.24) is 15.5 Å². The third-order valence-corrected chi connectivity index (χ3v) is 3.93. The van der Waals surface area contributed by atoms with Gasteiger partial charge < -0.3 is 15.5 Å². The maximum Gasteiger partial charge on any atom is 0.191 e. The lowest BCUT2D eigenvalue weighted by Gasteiger charge is -2.23. The van der Waals surface area contributed by atoms with Gasteiger partial charge in [-0.3, -0.25) is 4.99 Å². The van der Waals surface area contributed by atoms with E-state index in [9.17, 15) is 0 Å². The van der Waals surface area contributed by atoms with Crippen LogP contribution in [0.15, 0.2) is 4.99 Å². The minimum atomic E-state index is 0. The van der Waals surface area contributed by atoms with Crippen molar-refractivity contribution in [1.29, 1.82) is 0 Å². The van der Waals surface area contributed by atoms with E-state index in [4.69, 9.17) is 0 Å². The summed E-state index contributed by atoms with van der Waals surface area (Å²) in [5.74, 6) is 1.000. The molecule has 0 heterocycles. The highest BCUT2D eigenvalue weighted by Gasteiger charge is 2.22. The van der Waals surface area contributed by atoms with Gasteiger partial charge >= 0.3 is 0 Å². The summed E-state index contributed by atoms with van der Waals surface area (Å²) in [5, 5.41) is 6.77. The molecule has 4 nitrogen and oxygen atoms in total. The fraction of sp³-hybridized carbons (Fsp3) is 0.929. The van der Waals surface area contributed by atoms with E-state index in [0.717, 1.165) is 31.6 Å². The van der Waals surface area contributed by atoms with E-state index in [2.05, 4.69) is 34.5 Å². The maximum atomic E-state index is 4.66. The van der Waals surface area contributed by atoms with E-state index in [1.807, 2.05) is 0 Å². The molecule has 2 aliphatic carbocycles. The van der Waals surface area contributed by atoms with Crippen molar-refractivity contribution >= 4 is 29.9 Å². The van der Waals surface area contributed by atoms with Gasteiger partial charge in [-0.2, -0.15) is 0 Å². The predicted octanol–water partition coefficient (Wildman–Crippen LogP) is 2.20. The number of halogens is 1. The van der Waals surface area contributed by atoms with Crippen LogP contribution in [0.3, 0.4) is 0 Å². The van der Waals surface area contributed by atoms with Crippen molar-refractivity contribution in [3.05, 3.63) is 0 Å². The SMILES string of the molecule is CCNC(=NCCN(C)C1CCCC1)NC1CC1.I. The van der Waals surface area contributed by atoms with Crippen LogP contribution in [0, 0.1) is 0 Å². The Hall–Kier alpha value is -0.0400. The lowest BCUT2D eigenvalue weighted by molar-refractivity contribution is 0.252. The number of rotatable bonds is 6. The molecular formula is C14H29IN4. The highest BCUT2D eigenvalue weighted by atomic mass is 127. The molecule has 2 aliphatic rings. The van der Waals surface area contributed by atoms with Crippen LogP contribution in [0.4, 0.5) is 0 Å². The van der Waals surface area contributed by atoms with Crippen molar-refractivity contribution in [2.24, 2.45) is 4.99 Å². The summed E-state index contributed by atoms with van der Waals surface area (Å²) >= 11 is 0. The summed E-state index contributed by atoms with van der Waals surface area (Å²) in [6.07, 6.45) is 8.16. The summed E-state index contributed by atoms with van der Waals surface area (Å²) in [6.45, 7) is 5.03. The molecule has 0 atom stereocenters. The average Bonchev–Trinajstić information content (AvgIpc) is 3.00. The van der Waals surface area contributed by atoms with E-state index in [1.165, 1.54) is 38.5 Å². The Morgan fingerprint density at radius 3 is 2.47 bits per heavy atom. The zero-order chi connectivity index (χ0) is 12.8. The van der Waals surface area contributed by atoms with Crippen LogP contribution < -0.4 is 10.6 Å². The lowest BCUT2D eigenvalue weighted by Crippen LogP contribution is -2.39. The smallest absolute Gasteiger partial charge is 0.191 e. The van der Waals surface area contributed by atoms with Gasteiger partial charge in [0.05, 0.1) is 6.54 Å². The Morgan fingerprint density at radius 1 is 1.21 bits per heavy atom.